The molecule has 1 atom stereocenters. The zero-order valence-corrected chi connectivity index (χ0v) is 9.76. The maximum atomic E-state index is 5.70. The first kappa shape index (κ1) is 9.71. The van der Waals surface area contributed by atoms with Crippen LogP contribution >= 0.6 is 0 Å². The minimum absolute atomic E-state index is 0.216. The van der Waals surface area contributed by atoms with Crippen molar-refractivity contribution >= 4 is 11.0 Å². The fourth-order valence-electron chi connectivity index (χ4n) is 2.53. The number of fused-ring (bicyclic) bond motifs is 2. The fraction of sp³-hybridized carbons (Fsp3) is 0.133. The van der Waals surface area contributed by atoms with Gasteiger partial charge in [-0.1, -0.05) is 30.3 Å². The molecule has 2 aromatic carbocycles. The zero-order valence-electron chi connectivity index (χ0n) is 9.76. The molecule has 0 saturated carbocycles. The maximum Gasteiger partial charge on any atom is 0.123 e. The lowest BCUT2D eigenvalue weighted by molar-refractivity contribution is 0.340. The van der Waals surface area contributed by atoms with E-state index in [2.05, 4.69) is 16.0 Å². The summed E-state index contributed by atoms with van der Waals surface area (Å²) in [4.78, 5) is 8.05. The van der Waals surface area contributed by atoms with Crippen molar-refractivity contribution in [3.63, 3.8) is 0 Å². The van der Waals surface area contributed by atoms with Crippen molar-refractivity contribution in [2.75, 3.05) is 6.61 Å². The van der Waals surface area contributed by atoms with E-state index in [1.807, 2.05) is 42.5 Å². The summed E-state index contributed by atoms with van der Waals surface area (Å²) in [7, 11) is 0. The van der Waals surface area contributed by atoms with Crippen molar-refractivity contribution in [3.8, 4) is 5.75 Å². The highest BCUT2D eigenvalue weighted by atomic mass is 16.5. The van der Waals surface area contributed by atoms with E-state index in [0.29, 0.717) is 6.61 Å². The Bertz CT molecular complexity index is 684. The minimum atomic E-state index is 0.216. The molecule has 3 aromatic rings. The molecule has 1 aromatic heterocycles. The molecule has 1 unspecified atom stereocenters. The standard InChI is InChI=1S/C15H12N2O/c1-4-8-14-10(5-1)11(9-18-14)15-16-12-6-2-3-7-13(12)17-15/h1-8,11H,9H2,(H,16,17). The van der Waals surface area contributed by atoms with E-state index in [-0.39, 0.29) is 5.92 Å². The summed E-state index contributed by atoms with van der Waals surface area (Å²) in [5, 5.41) is 0. The van der Waals surface area contributed by atoms with Gasteiger partial charge in [0.05, 0.1) is 17.0 Å². The highest BCUT2D eigenvalue weighted by molar-refractivity contribution is 5.75. The third kappa shape index (κ3) is 1.34. The number of rotatable bonds is 1. The molecule has 0 saturated heterocycles. The van der Waals surface area contributed by atoms with Gasteiger partial charge in [-0.25, -0.2) is 4.98 Å². The van der Waals surface area contributed by atoms with Crippen molar-refractivity contribution in [2.24, 2.45) is 0 Å². The van der Waals surface area contributed by atoms with E-state index >= 15 is 0 Å². The van der Waals surface area contributed by atoms with Gasteiger partial charge in [0.15, 0.2) is 0 Å². The Balaban J connectivity index is 1.85. The number of imidazole rings is 1. The summed E-state index contributed by atoms with van der Waals surface area (Å²) >= 11 is 0. The van der Waals surface area contributed by atoms with Gasteiger partial charge in [0.2, 0.25) is 0 Å². The van der Waals surface area contributed by atoms with Gasteiger partial charge in [0.1, 0.15) is 18.2 Å². The number of ether oxygens (including phenoxy) is 1. The van der Waals surface area contributed by atoms with E-state index < -0.39 is 0 Å². The monoisotopic (exact) mass is 236 g/mol. The Morgan fingerprint density at radius 2 is 1.89 bits per heavy atom. The van der Waals surface area contributed by atoms with Gasteiger partial charge in [0.25, 0.3) is 0 Å². The van der Waals surface area contributed by atoms with E-state index in [1.165, 1.54) is 5.56 Å². The van der Waals surface area contributed by atoms with Crippen LogP contribution in [-0.2, 0) is 0 Å². The van der Waals surface area contributed by atoms with Gasteiger partial charge < -0.3 is 9.72 Å². The Labute approximate surface area is 104 Å². The quantitative estimate of drug-likeness (QED) is 0.705. The molecule has 0 aliphatic carbocycles. The van der Waals surface area contributed by atoms with Crippen LogP contribution in [0.25, 0.3) is 11.0 Å². The van der Waals surface area contributed by atoms with Crippen LogP contribution < -0.4 is 4.74 Å². The van der Waals surface area contributed by atoms with Crippen LogP contribution in [0.5, 0.6) is 5.75 Å². The summed E-state index contributed by atoms with van der Waals surface area (Å²) in [5.41, 5.74) is 3.31. The SMILES string of the molecule is c1ccc2c(c1)OCC2c1nc2ccccc2[nH]1. The maximum absolute atomic E-state index is 5.70. The first-order valence-corrected chi connectivity index (χ1v) is 6.08. The second-order valence-corrected chi connectivity index (χ2v) is 4.54. The number of hydrogen-bond donors (Lipinski definition) is 1. The molecular weight excluding hydrogens is 224 g/mol. The van der Waals surface area contributed by atoms with Crippen LogP contribution in [0.4, 0.5) is 0 Å². The molecule has 0 fully saturated rings. The first-order valence-electron chi connectivity index (χ1n) is 6.08. The molecule has 3 nitrogen and oxygen atoms in total. The predicted molar refractivity (Wildman–Crippen MR) is 69.9 cm³/mol. The molecule has 0 bridgehead atoms. The Morgan fingerprint density at radius 1 is 1.06 bits per heavy atom. The number of benzene rings is 2. The van der Waals surface area contributed by atoms with E-state index in [1.54, 1.807) is 0 Å². The van der Waals surface area contributed by atoms with Crippen molar-refractivity contribution in [3.05, 3.63) is 59.9 Å². The van der Waals surface area contributed by atoms with Crippen molar-refractivity contribution in [2.45, 2.75) is 5.92 Å². The third-order valence-corrected chi connectivity index (χ3v) is 3.44. The van der Waals surface area contributed by atoms with Gasteiger partial charge in [-0.05, 0) is 18.2 Å². The lowest BCUT2D eigenvalue weighted by atomic mass is 10.0. The second kappa shape index (κ2) is 3.60. The average molecular weight is 236 g/mol. The van der Waals surface area contributed by atoms with Gasteiger partial charge in [-0.2, -0.15) is 0 Å². The number of aromatic nitrogens is 2. The average Bonchev–Trinajstić information content (AvgIpc) is 3.02. The molecule has 1 aliphatic heterocycles. The second-order valence-electron chi connectivity index (χ2n) is 4.54. The van der Waals surface area contributed by atoms with Crippen LogP contribution in [-0.4, -0.2) is 16.6 Å². The van der Waals surface area contributed by atoms with Crippen molar-refractivity contribution < 1.29 is 4.74 Å². The molecule has 3 heteroatoms. The first-order chi connectivity index (χ1) is 8.92. The third-order valence-electron chi connectivity index (χ3n) is 3.44. The number of para-hydroxylation sites is 3. The van der Waals surface area contributed by atoms with Crippen molar-refractivity contribution in [1.82, 2.24) is 9.97 Å². The fourth-order valence-corrected chi connectivity index (χ4v) is 2.53. The molecule has 4 rings (SSSR count). The van der Waals surface area contributed by atoms with Gasteiger partial charge in [0, 0.05) is 5.56 Å². The lowest BCUT2D eigenvalue weighted by Crippen LogP contribution is -2.04. The summed E-state index contributed by atoms with van der Waals surface area (Å²) in [6.07, 6.45) is 0. The number of nitrogens with one attached hydrogen (secondary N) is 1. The Kier molecular flexibility index (Phi) is 1.94. The van der Waals surface area contributed by atoms with Gasteiger partial charge in [-0.15, -0.1) is 0 Å². The zero-order chi connectivity index (χ0) is 11.9. The van der Waals surface area contributed by atoms with E-state index in [9.17, 15) is 0 Å². The minimum Gasteiger partial charge on any atom is -0.492 e. The van der Waals surface area contributed by atoms with E-state index in [4.69, 9.17) is 4.74 Å². The summed E-state index contributed by atoms with van der Waals surface area (Å²) in [6.45, 7) is 0.666. The number of aromatic amines is 1. The largest absolute Gasteiger partial charge is 0.492 e. The highest BCUT2D eigenvalue weighted by Gasteiger charge is 2.27. The molecule has 18 heavy (non-hydrogen) atoms. The van der Waals surface area contributed by atoms with Crippen LogP contribution in [0.15, 0.2) is 48.5 Å². The van der Waals surface area contributed by atoms with Crippen LogP contribution in [0, 0.1) is 0 Å². The Morgan fingerprint density at radius 3 is 2.83 bits per heavy atom. The molecule has 1 N–H and O–H groups in total. The molecule has 0 spiro atoms. The smallest absolute Gasteiger partial charge is 0.123 e. The normalized spacial score (nSPS) is 17.7. The molecule has 0 radical (unpaired) electrons. The number of hydrogen-bond acceptors (Lipinski definition) is 2. The van der Waals surface area contributed by atoms with Crippen LogP contribution in [0.3, 0.4) is 0 Å². The number of H-pyrrole nitrogens is 1. The van der Waals surface area contributed by atoms with Crippen LogP contribution in [0.1, 0.15) is 17.3 Å². The van der Waals surface area contributed by atoms with Crippen LogP contribution in [0.2, 0.25) is 0 Å². The molecule has 88 valence electrons. The predicted octanol–water partition coefficient (Wildman–Crippen LogP) is 3.09. The number of nitrogens with zero attached hydrogens (tertiary/aromatic N) is 1. The summed E-state index contributed by atoms with van der Waals surface area (Å²) in [6, 6.07) is 16.3. The molecular formula is C15H12N2O. The summed E-state index contributed by atoms with van der Waals surface area (Å²) in [5.74, 6) is 2.18. The van der Waals surface area contributed by atoms with E-state index in [0.717, 1.165) is 22.6 Å². The molecule has 0 amide bonds. The van der Waals surface area contributed by atoms with Gasteiger partial charge >= 0.3 is 0 Å². The van der Waals surface area contributed by atoms with Crippen molar-refractivity contribution in [1.29, 1.82) is 0 Å². The Hall–Kier alpha value is -2.29. The topological polar surface area (TPSA) is 37.9 Å². The molecule has 1 aliphatic rings. The lowest BCUT2D eigenvalue weighted by Gasteiger charge is -2.03. The molecule has 2 heterocycles. The van der Waals surface area contributed by atoms with Gasteiger partial charge in [-0.3, -0.25) is 0 Å². The highest BCUT2D eigenvalue weighted by Crippen LogP contribution is 2.37. The summed E-state index contributed by atoms with van der Waals surface area (Å²) < 4.78 is 5.70.